The van der Waals surface area contributed by atoms with Gasteiger partial charge in [-0.15, -0.1) is 11.3 Å². The Bertz CT molecular complexity index is 1360. The number of nitrogens with one attached hydrogen (secondary N) is 1. The number of aromatic nitrogens is 2. The first kappa shape index (κ1) is 22.5. The molecule has 8 nitrogen and oxygen atoms in total. The van der Waals surface area contributed by atoms with E-state index < -0.39 is 39.7 Å². The minimum Gasteiger partial charge on any atom is -0.322 e. The number of hydrogen-bond donors (Lipinski definition) is 1. The molecule has 1 aliphatic rings. The lowest BCUT2D eigenvalue weighted by Crippen LogP contribution is -2.36. The smallest absolute Gasteiger partial charge is 0.263 e. The number of benzene rings is 1. The Hall–Kier alpha value is -2.70. The predicted octanol–water partition coefficient (Wildman–Crippen LogP) is 2.86. The van der Waals surface area contributed by atoms with Crippen molar-refractivity contribution in [3.8, 4) is 0 Å². The van der Waals surface area contributed by atoms with E-state index in [4.69, 9.17) is 0 Å². The molecule has 0 atom stereocenters. The van der Waals surface area contributed by atoms with E-state index in [-0.39, 0.29) is 20.8 Å². The van der Waals surface area contributed by atoms with Gasteiger partial charge in [-0.25, -0.2) is 22.2 Å². The zero-order valence-electron chi connectivity index (χ0n) is 17.1. The SMILES string of the molecule is Cc1sc2ncn(CC(=O)Nc3ccc(F)cc3F)c(=O)c2c1S(=O)(=O)N1CCCCC1. The Labute approximate surface area is 186 Å². The molecule has 1 amide bonds. The topological polar surface area (TPSA) is 101 Å². The lowest BCUT2D eigenvalue weighted by atomic mass is 10.2. The van der Waals surface area contributed by atoms with Crippen LogP contribution in [0.2, 0.25) is 0 Å². The van der Waals surface area contributed by atoms with Gasteiger partial charge in [0.15, 0.2) is 0 Å². The van der Waals surface area contributed by atoms with Crippen molar-refractivity contribution < 1.29 is 22.0 Å². The van der Waals surface area contributed by atoms with E-state index in [9.17, 15) is 26.8 Å². The minimum absolute atomic E-state index is 0.0543. The van der Waals surface area contributed by atoms with E-state index in [1.165, 1.54) is 4.31 Å². The number of piperidine rings is 1. The van der Waals surface area contributed by atoms with Gasteiger partial charge in [0.05, 0.1) is 17.4 Å². The standard InChI is InChI=1S/C20H20F2N4O4S2/c1-12-18(32(29,30)26-7-3-2-4-8-26)17-19(31-12)23-11-25(20(17)28)10-16(27)24-15-6-5-13(21)9-14(15)22/h5-6,9,11H,2-4,7-8,10H2,1H3,(H,24,27). The summed E-state index contributed by atoms with van der Waals surface area (Å²) in [6, 6.07) is 2.68. The van der Waals surface area contributed by atoms with Crippen LogP contribution in [0.1, 0.15) is 24.1 Å². The molecular weight excluding hydrogens is 462 g/mol. The number of carbonyl (C=O) groups excluding carboxylic acids is 1. The van der Waals surface area contributed by atoms with E-state index in [2.05, 4.69) is 10.3 Å². The molecule has 170 valence electrons. The van der Waals surface area contributed by atoms with Gasteiger partial charge in [-0.2, -0.15) is 4.31 Å². The lowest BCUT2D eigenvalue weighted by molar-refractivity contribution is -0.116. The van der Waals surface area contributed by atoms with Gasteiger partial charge < -0.3 is 5.32 Å². The average molecular weight is 483 g/mol. The van der Waals surface area contributed by atoms with Crippen molar-refractivity contribution in [2.24, 2.45) is 0 Å². The summed E-state index contributed by atoms with van der Waals surface area (Å²) < 4.78 is 55.8. The van der Waals surface area contributed by atoms with Crippen LogP contribution in [-0.4, -0.2) is 41.3 Å². The zero-order valence-corrected chi connectivity index (χ0v) is 18.7. The molecule has 1 aromatic carbocycles. The van der Waals surface area contributed by atoms with Gasteiger partial charge in [0.2, 0.25) is 15.9 Å². The molecule has 1 saturated heterocycles. The van der Waals surface area contributed by atoms with Crippen molar-refractivity contribution in [1.82, 2.24) is 13.9 Å². The Kier molecular flexibility index (Phi) is 6.10. The number of sulfonamides is 1. The molecule has 0 aliphatic carbocycles. The van der Waals surface area contributed by atoms with Gasteiger partial charge in [0.25, 0.3) is 5.56 Å². The van der Waals surface area contributed by atoms with Crippen LogP contribution in [0.25, 0.3) is 10.2 Å². The van der Waals surface area contributed by atoms with E-state index in [0.717, 1.165) is 53.6 Å². The highest BCUT2D eigenvalue weighted by Crippen LogP contribution is 2.33. The lowest BCUT2D eigenvalue weighted by Gasteiger charge is -2.25. The summed E-state index contributed by atoms with van der Waals surface area (Å²) in [5.74, 6) is -2.49. The second-order valence-electron chi connectivity index (χ2n) is 7.48. The Morgan fingerprint density at radius 2 is 1.94 bits per heavy atom. The number of carbonyl (C=O) groups is 1. The predicted molar refractivity (Wildman–Crippen MR) is 116 cm³/mol. The number of aryl methyl sites for hydroxylation is 1. The van der Waals surface area contributed by atoms with Crippen LogP contribution < -0.4 is 10.9 Å². The quantitative estimate of drug-likeness (QED) is 0.603. The first-order valence-electron chi connectivity index (χ1n) is 9.92. The Balaban J connectivity index is 1.68. The second-order valence-corrected chi connectivity index (χ2v) is 10.6. The normalized spacial score (nSPS) is 15.2. The summed E-state index contributed by atoms with van der Waals surface area (Å²) in [6.45, 7) is 1.88. The largest absolute Gasteiger partial charge is 0.322 e. The van der Waals surface area contributed by atoms with Crippen LogP contribution >= 0.6 is 11.3 Å². The van der Waals surface area contributed by atoms with Crippen LogP contribution in [-0.2, 0) is 21.4 Å². The van der Waals surface area contributed by atoms with E-state index >= 15 is 0 Å². The zero-order chi connectivity index (χ0) is 23.0. The summed E-state index contributed by atoms with van der Waals surface area (Å²) in [4.78, 5) is 30.3. The highest BCUT2D eigenvalue weighted by molar-refractivity contribution is 7.89. The fourth-order valence-electron chi connectivity index (χ4n) is 3.71. The summed E-state index contributed by atoms with van der Waals surface area (Å²) in [7, 11) is -3.90. The maximum atomic E-state index is 13.8. The van der Waals surface area contributed by atoms with Crippen LogP contribution in [0.5, 0.6) is 0 Å². The number of thiophene rings is 1. The highest BCUT2D eigenvalue weighted by Gasteiger charge is 2.32. The molecule has 0 spiro atoms. The number of rotatable bonds is 5. The second kappa shape index (κ2) is 8.68. The third-order valence-corrected chi connectivity index (χ3v) is 8.45. The maximum absolute atomic E-state index is 13.8. The highest BCUT2D eigenvalue weighted by atomic mass is 32.2. The molecule has 0 saturated carbocycles. The molecule has 0 unspecified atom stereocenters. The number of amides is 1. The van der Waals surface area contributed by atoms with Crippen LogP contribution in [0.3, 0.4) is 0 Å². The van der Waals surface area contributed by atoms with Crippen molar-refractivity contribution >= 4 is 43.2 Å². The molecule has 2 aromatic heterocycles. The Morgan fingerprint density at radius 3 is 2.62 bits per heavy atom. The molecule has 32 heavy (non-hydrogen) atoms. The van der Waals surface area contributed by atoms with Gasteiger partial charge in [0, 0.05) is 24.0 Å². The molecule has 0 bridgehead atoms. The number of fused-ring (bicyclic) bond motifs is 1. The Morgan fingerprint density at radius 1 is 1.22 bits per heavy atom. The number of anilines is 1. The minimum atomic E-state index is -3.90. The van der Waals surface area contributed by atoms with Gasteiger partial charge in [-0.05, 0) is 31.9 Å². The maximum Gasteiger partial charge on any atom is 0.263 e. The third-order valence-electron chi connectivity index (χ3n) is 5.23. The number of nitrogens with zero attached hydrogens (tertiary/aromatic N) is 3. The number of hydrogen-bond acceptors (Lipinski definition) is 6. The number of halogens is 2. The summed E-state index contributed by atoms with van der Waals surface area (Å²) >= 11 is 1.10. The first-order chi connectivity index (χ1) is 15.2. The molecule has 4 rings (SSSR count). The third kappa shape index (κ3) is 4.17. The van der Waals surface area contributed by atoms with Crippen molar-refractivity contribution in [2.75, 3.05) is 18.4 Å². The molecule has 1 fully saturated rings. The molecule has 1 N–H and O–H groups in total. The summed E-state index contributed by atoms with van der Waals surface area (Å²) in [5.41, 5.74) is -0.914. The van der Waals surface area contributed by atoms with Crippen molar-refractivity contribution in [1.29, 1.82) is 0 Å². The van der Waals surface area contributed by atoms with Gasteiger partial charge in [-0.3, -0.25) is 14.2 Å². The van der Waals surface area contributed by atoms with Crippen LogP contribution in [0, 0.1) is 18.6 Å². The average Bonchev–Trinajstić information content (AvgIpc) is 3.10. The monoisotopic (exact) mass is 482 g/mol. The fourth-order valence-corrected chi connectivity index (χ4v) is 6.89. The van der Waals surface area contributed by atoms with Gasteiger partial charge >= 0.3 is 0 Å². The fraction of sp³-hybridized carbons (Fsp3) is 0.350. The van der Waals surface area contributed by atoms with E-state index in [0.29, 0.717) is 24.0 Å². The summed E-state index contributed by atoms with van der Waals surface area (Å²) in [5, 5.41) is 2.22. The molecular formula is C20H20F2N4O4S2. The van der Waals surface area contributed by atoms with Crippen LogP contribution in [0.15, 0.2) is 34.2 Å². The van der Waals surface area contributed by atoms with Crippen molar-refractivity contribution in [3.05, 3.63) is 51.4 Å². The van der Waals surface area contributed by atoms with Crippen molar-refractivity contribution in [3.63, 3.8) is 0 Å². The van der Waals surface area contributed by atoms with Gasteiger partial charge in [0.1, 0.15) is 27.9 Å². The molecule has 3 heterocycles. The molecule has 3 aromatic rings. The first-order valence-corrected chi connectivity index (χ1v) is 12.2. The molecule has 0 radical (unpaired) electrons. The van der Waals surface area contributed by atoms with Crippen molar-refractivity contribution in [2.45, 2.75) is 37.6 Å². The van der Waals surface area contributed by atoms with E-state index in [1.807, 2.05) is 0 Å². The van der Waals surface area contributed by atoms with Crippen LogP contribution in [0.4, 0.5) is 14.5 Å². The van der Waals surface area contributed by atoms with Gasteiger partial charge in [-0.1, -0.05) is 6.42 Å². The van der Waals surface area contributed by atoms with E-state index in [1.54, 1.807) is 6.92 Å². The molecule has 12 heteroatoms. The summed E-state index contributed by atoms with van der Waals surface area (Å²) in [6.07, 6.45) is 3.61. The molecule has 1 aliphatic heterocycles.